The molecule has 5 rings (SSSR count). The highest BCUT2D eigenvalue weighted by atomic mass is 16.5. The van der Waals surface area contributed by atoms with Gasteiger partial charge in [0.25, 0.3) is 0 Å². The first kappa shape index (κ1) is 29.2. The lowest BCUT2D eigenvalue weighted by molar-refractivity contribution is 0.0766. The molecule has 0 saturated carbocycles. The van der Waals surface area contributed by atoms with Crippen LogP contribution in [0.3, 0.4) is 0 Å². The maximum absolute atomic E-state index is 10.3. The van der Waals surface area contributed by atoms with Crippen LogP contribution in [0.25, 0.3) is 21.8 Å². The van der Waals surface area contributed by atoms with Gasteiger partial charge in [-0.25, -0.2) is 9.97 Å². The predicted octanol–water partition coefficient (Wildman–Crippen LogP) is 3.39. The second-order valence-corrected chi connectivity index (χ2v) is 11.1. The van der Waals surface area contributed by atoms with E-state index in [0.29, 0.717) is 37.3 Å². The van der Waals surface area contributed by atoms with E-state index in [4.69, 9.17) is 14.7 Å². The zero-order valence-electron chi connectivity index (χ0n) is 24.2. The Labute approximate surface area is 242 Å². The molecule has 0 radical (unpaired) electrons. The van der Waals surface area contributed by atoms with Crippen molar-refractivity contribution < 1.29 is 14.9 Å². The third-order valence-electron chi connectivity index (χ3n) is 7.85. The minimum atomic E-state index is 0.217. The fourth-order valence-electron chi connectivity index (χ4n) is 5.20. The molecule has 0 amide bonds. The van der Waals surface area contributed by atoms with Gasteiger partial charge >= 0.3 is 0 Å². The molecule has 218 valence electrons. The van der Waals surface area contributed by atoms with E-state index in [9.17, 15) is 10.2 Å². The van der Waals surface area contributed by atoms with Crippen LogP contribution in [0.2, 0.25) is 0 Å². The average Bonchev–Trinajstić information content (AvgIpc) is 2.98. The van der Waals surface area contributed by atoms with Crippen molar-refractivity contribution >= 4 is 21.8 Å². The minimum absolute atomic E-state index is 0.217. The van der Waals surface area contributed by atoms with Crippen LogP contribution in [0.15, 0.2) is 60.7 Å². The number of fused-ring (bicyclic) bond motifs is 2. The Bertz CT molecular complexity index is 1330. The maximum Gasteiger partial charge on any atom is 0.141 e. The Morgan fingerprint density at radius 2 is 1.02 bits per heavy atom. The summed E-state index contributed by atoms with van der Waals surface area (Å²) in [6, 6.07) is 19.2. The first-order valence-electron chi connectivity index (χ1n) is 14.5. The Morgan fingerprint density at radius 3 is 1.49 bits per heavy atom. The molecule has 1 saturated heterocycles. The Balaban J connectivity index is 1.23. The summed E-state index contributed by atoms with van der Waals surface area (Å²) >= 11 is 0. The molecule has 2 aromatic heterocycles. The van der Waals surface area contributed by atoms with Gasteiger partial charge in [0, 0.05) is 76.2 Å². The lowest BCUT2D eigenvalue weighted by Gasteiger charge is -2.27. The second kappa shape index (κ2) is 14.0. The van der Waals surface area contributed by atoms with Crippen LogP contribution in [-0.4, -0.2) is 119 Å². The summed E-state index contributed by atoms with van der Waals surface area (Å²) in [5, 5.41) is 22.5. The molecule has 3 heterocycles. The monoisotopic (exact) mass is 558 g/mol. The molecule has 9 nitrogen and oxygen atoms in total. The van der Waals surface area contributed by atoms with Crippen LogP contribution in [-0.2, 0) is 17.8 Å². The van der Waals surface area contributed by atoms with E-state index in [1.165, 1.54) is 0 Å². The standard InChI is InChI=1S/C32H42N6O3/c1-35-13-14-36(2)16-18-38(24-28-12-10-26-6-4-8-30(40)32(26)34-28)20-22-41-21-19-37(17-15-35)23-27-11-9-25-5-3-7-29(39)31(25)33-27/h3-12,39-40H,13-24H2,1-2H3. The highest BCUT2D eigenvalue weighted by molar-refractivity contribution is 5.84. The molecule has 4 aromatic rings. The van der Waals surface area contributed by atoms with Crippen molar-refractivity contribution in [2.45, 2.75) is 13.1 Å². The summed E-state index contributed by atoms with van der Waals surface area (Å²) in [7, 11) is 4.36. The number of hydrogen-bond acceptors (Lipinski definition) is 9. The summed E-state index contributed by atoms with van der Waals surface area (Å²) in [5.41, 5.74) is 3.19. The molecule has 1 aliphatic heterocycles. The molecule has 0 spiro atoms. The van der Waals surface area contributed by atoms with Crippen molar-refractivity contribution in [3.8, 4) is 11.5 Å². The van der Waals surface area contributed by atoms with Crippen molar-refractivity contribution in [1.29, 1.82) is 0 Å². The Hall–Kier alpha value is -3.34. The number of aromatic hydroxyl groups is 2. The van der Waals surface area contributed by atoms with Gasteiger partial charge in [-0.1, -0.05) is 36.4 Å². The van der Waals surface area contributed by atoms with Crippen LogP contribution >= 0.6 is 0 Å². The normalized spacial score (nSPS) is 18.4. The fourth-order valence-corrected chi connectivity index (χ4v) is 5.20. The lowest BCUT2D eigenvalue weighted by atomic mass is 10.2. The molecule has 9 heteroatoms. The van der Waals surface area contributed by atoms with Gasteiger partial charge in [0.15, 0.2) is 0 Å². The fraction of sp³-hybridized carbons (Fsp3) is 0.438. The Kier molecular flexibility index (Phi) is 9.97. The number of hydrogen-bond donors (Lipinski definition) is 2. The topological polar surface area (TPSA) is 88.4 Å². The van der Waals surface area contributed by atoms with E-state index in [1.54, 1.807) is 12.1 Å². The summed E-state index contributed by atoms with van der Waals surface area (Å²) in [4.78, 5) is 19.1. The molecule has 0 bridgehead atoms. The number of phenols is 2. The predicted molar refractivity (Wildman–Crippen MR) is 163 cm³/mol. The highest BCUT2D eigenvalue weighted by Gasteiger charge is 2.14. The number of nitrogens with zero attached hydrogens (tertiary/aromatic N) is 6. The number of rotatable bonds is 4. The summed E-state index contributed by atoms with van der Waals surface area (Å²) in [6.07, 6.45) is 0. The van der Waals surface area contributed by atoms with Crippen LogP contribution in [0.5, 0.6) is 11.5 Å². The third-order valence-corrected chi connectivity index (χ3v) is 7.85. The van der Waals surface area contributed by atoms with Gasteiger partial charge in [-0.05, 0) is 38.4 Å². The van der Waals surface area contributed by atoms with Gasteiger partial charge < -0.3 is 24.7 Å². The van der Waals surface area contributed by atoms with Gasteiger partial charge in [0.05, 0.1) is 24.6 Å². The summed E-state index contributed by atoms with van der Waals surface area (Å²) in [5.74, 6) is 0.433. The molecule has 1 aliphatic rings. The molecule has 0 atom stereocenters. The summed E-state index contributed by atoms with van der Waals surface area (Å²) < 4.78 is 6.15. The van der Waals surface area contributed by atoms with E-state index >= 15 is 0 Å². The van der Waals surface area contributed by atoms with Gasteiger partial charge in [0.2, 0.25) is 0 Å². The molecule has 0 aliphatic carbocycles. The number of phenolic OH excluding ortho intramolecular Hbond substituents is 2. The van der Waals surface area contributed by atoms with Crippen LogP contribution in [0.1, 0.15) is 11.4 Å². The Morgan fingerprint density at radius 1 is 0.585 bits per heavy atom. The second-order valence-electron chi connectivity index (χ2n) is 11.1. The van der Waals surface area contributed by atoms with Crippen molar-refractivity contribution in [1.82, 2.24) is 29.6 Å². The first-order chi connectivity index (χ1) is 19.9. The number of ether oxygens (including phenoxy) is 1. The van der Waals surface area contributed by atoms with E-state index in [0.717, 1.165) is 74.5 Å². The largest absolute Gasteiger partial charge is 0.506 e. The minimum Gasteiger partial charge on any atom is -0.506 e. The zero-order valence-corrected chi connectivity index (χ0v) is 24.2. The number of para-hydroxylation sites is 2. The maximum atomic E-state index is 10.3. The van der Waals surface area contributed by atoms with Crippen molar-refractivity contribution in [3.63, 3.8) is 0 Å². The number of aromatic nitrogens is 2. The molecule has 41 heavy (non-hydrogen) atoms. The van der Waals surface area contributed by atoms with Crippen LogP contribution in [0.4, 0.5) is 0 Å². The van der Waals surface area contributed by atoms with Crippen LogP contribution in [0, 0.1) is 0 Å². The van der Waals surface area contributed by atoms with Crippen molar-refractivity contribution in [3.05, 3.63) is 72.1 Å². The van der Waals surface area contributed by atoms with E-state index in [1.807, 2.05) is 36.4 Å². The van der Waals surface area contributed by atoms with Crippen molar-refractivity contribution in [2.75, 3.05) is 79.7 Å². The van der Waals surface area contributed by atoms with Gasteiger partial charge in [-0.3, -0.25) is 9.80 Å². The average molecular weight is 559 g/mol. The zero-order chi connectivity index (χ0) is 28.6. The number of likely N-dealkylation sites (N-methyl/N-ethyl adjacent to an activating group) is 2. The van der Waals surface area contributed by atoms with E-state index in [2.05, 4.69) is 45.8 Å². The van der Waals surface area contributed by atoms with Gasteiger partial charge in [-0.2, -0.15) is 0 Å². The highest BCUT2D eigenvalue weighted by Crippen LogP contribution is 2.24. The van der Waals surface area contributed by atoms with Gasteiger partial charge in [-0.15, -0.1) is 0 Å². The quantitative estimate of drug-likeness (QED) is 0.391. The molecule has 0 unspecified atom stereocenters. The molecular formula is C32H42N6O3. The van der Waals surface area contributed by atoms with E-state index < -0.39 is 0 Å². The van der Waals surface area contributed by atoms with Crippen molar-refractivity contribution in [2.24, 2.45) is 0 Å². The molecular weight excluding hydrogens is 516 g/mol. The molecule has 2 N–H and O–H groups in total. The lowest BCUT2D eigenvalue weighted by Crippen LogP contribution is -2.39. The number of benzene rings is 2. The number of pyridine rings is 2. The van der Waals surface area contributed by atoms with E-state index in [-0.39, 0.29) is 11.5 Å². The summed E-state index contributed by atoms with van der Waals surface area (Å²) in [6.45, 7) is 10.0. The van der Waals surface area contributed by atoms with Gasteiger partial charge in [0.1, 0.15) is 22.5 Å². The SMILES string of the molecule is CN1CCN(C)CCN(Cc2ccc3cccc(O)c3n2)CCOCCN(Cc2ccc3cccc(O)c3n2)CC1. The molecule has 1 fully saturated rings. The van der Waals surface area contributed by atoms with Crippen LogP contribution < -0.4 is 0 Å². The smallest absolute Gasteiger partial charge is 0.141 e. The molecule has 2 aromatic carbocycles. The third kappa shape index (κ3) is 8.12. The first-order valence-corrected chi connectivity index (χ1v) is 14.5.